The smallest absolute Gasteiger partial charge is 0.225 e. The van der Waals surface area contributed by atoms with Crippen LogP contribution in [-0.4, -0.2) is 65.1 Å². The Kier molecular flexibility index (Phi) is 8.42. The van der Waals surface area contributed by atoms with Gasteiger partial charge >= 0.3 is 0 Å². The van der Waals surface area contributed by atoms with Crippen molar-refractivity contribution in [2.75, 3.05) is 44.2 Å². The predicted octanol–water partition coefficient (Wildman–Crippen LogP) is 5.07. The molecule has 0 amide bonds. The Hall–Kier alpha value is -2.62. The average Bonchev–Trinajstić information content (AvgIpc) is 2.79. The van der Waals surface area contributed by atoms with Gasteiger partial charge < -0.3 is 9.80 Å². The topological polar surface area (TPSA) is 35.5 Å². The first-order valence-electron chi connectivity index (χ1n) is 13.1. The number of nitrogens with zero attached hydrogens (tertiary/aromatic N) is 5. The zero-order chi connectivity index (χ0) is 23.9. The number of hydrogen-bond acceptors (Lipinski definition) is 5. The minimum Gasteiger partial charge on any atom is -0.375 e. The molecule has 1 atom stereocenters. The van der Waals surface area contributed by atoms with Gasteiger partial charge in [0.1, 0.15) is 0 Å². The highest BCUT2D eigenvalue weighted by Crippen LogP contribution is 2.27. The van der Waals surface area contributed by atoms with Crippen LogP contribution < -0.4 is 4.90 Å². The summed E-state index contributed by atoms with van der Waals surface area (Å²) in [5, 5.41) is 0. The quantitative estimate of drug-likeness (QED) is 0.482. The Morgan fingerprint density at radius 2 is 2.03 bits per heavy atom. The van der Waals surface area contributed by atoms with Crippen LogP contribution in [0.4, 0.5) is 5.95 Å². The molecule has 2 fully saturated rings. The van der Waals surface area contributed by atoms with Crippen LogP contribution in [0, 0.1) is 12.8 Å². The number of likely N-dealkylation sites (N-methyl/N-ethyl adjacent to an activating group) is 1. The van der Waals surface area contributed by atoms with Crippen LogP contribution in [0.1, 0.15) is 50.8 Å². The largest absolute Gasteiger partial charge is 0.375 e. The van der Waals surface area contributed by atoms with E-state index in [-0.39, 0.29) is 0 Å². The van der Waals surface area contributed by atoms with Crippen LogP contribution in [0.15, 0.2) is 60.2 Å². The SMILES string of the molecule is C=C(C(C)/C1=C/C=C=C/C=C\C1)N(CC)CCc1cnc(N2CCN(C3CCC3)CC2)nc1C. The Balaban J connectivity index is 1.32. The third-order valence-corrected chi connectivity index (χ3v) is 7.83. The first-order valence-corrected chi connectivity index (χ1v) is 13.1. The standard InChI is InChI=1S/C29H41N5/c1-5-32(25(4)23(2)26-12-9-7-6-8-10-13-26)17-16-27-22-30-29(31-24(27)3)34-20-18-33(19-21-34)28-14-11-15-28/h6-7,9-10,13,22-23,28H,4-5,11-12,14-21H2,1-3H3/b9-7-,26-13+. The second-order valence-electron chi connectivity index (χ2n) is 9.80. The zero-order valence-electron chi connectivity index (χ0n) is 21.3. The van der Waals surface area contributed by atoms with E-state index < -0.39 is 0 Å². The number of rotatable bonds is 9. The lowest BCUT2D eigenvalue weighted by atomic mass is 9.91. The molecule has 34 heavy (non-hydrogen) atoms. The molecule has 1 aromatic rings. The second-order valence-corrected chi connectivity index (χ2v) is 9.80. The monoisotopic (exact) mass is 459 g/mol. The summed E-state index contributed by atoms with van der Waals surface area (Å²) in [5.74, 6) is 1.20. The first-order chi connectivity index (χ1) is 16.6. The molecule has 0 bridgehead atoms. The van der Waals surface area contributed by atoms with Crippen LogP contribution in [0.5, 0.6) is 0 Å². The minimum atomic E-state index is 0.305. The fourth-order valence-electron chi connectivity index (χ4n) is 5.09. The molecule has 1 saturated carbocycles. The maximum absolute atomic E-state index is 4.90. The van der Waals surface area contributed by atoms with E-state index in [0.717, 1.165) is 69.8 Å². The predicted molar refractivity (Wildman–Crippen MR) is 142 cm³/mol. The number of aromatic nitrogens is 2. The molecule has 5 nitrogen and oxygen atoms in total. The lowest BCUT2D eigenvalue weighted by molar-refractivity contribution is 0.120. The summed E-state index contributed by atoms with van der Waals surface area (Å²) in [4.78, 5) is 17.1. The van der Waals surface area contributed by atoms with Gasteiger partial charge in [-0.25, -0.2) is 9.97 Å². The third-order valence-electron chi connectivity index (χ3n) is 7.83. The van der Waals surface area contributed by atoms with E-state index in [9.17, 15) is 0 Å². The van der Waals surface area contributed by atoms with Gasteiger partial charge in [0.25, 0.3) is 0 Å². The Bertz CT molecular complexity index is 972. The van der Waals surface area contributed by atoms with Crippen LogP contribution >= 0.6 is 0 Å². The lowest BCUT2D eigenvalue weighted by Gasteiger charge is -2.42. The molecule has 1 unspecified atom stereocenters. The van der Waals surface area contributed by atoms with E-state index in [2.05, 4.69) is 72.2 Å². The van der Waals surface area contributed by atoms with Gasteiger partial charge in [-0.15, -0.1) is 5.73 Å². The summed E-state index contributed by atoms with van der Waals surface area (Å²) in [6.45, 7) is 17.3. The molecule has 0 radical (unpaired) electrons. The molecule has 1 saturated heterocycles. The molecule has 3 aliphatic rings. The molecule has 5 heteroatoms. The summed E-state index contributed by atoms with van der Waals surface area (Å²) in [6.07, 6.45) is 18.5. The fourth-order valence-corrected chi connectivity index (χ4v) is 5.09. The van der Waals surface area contributed by atoms with E-state index in [1.165, 1.54) is 36.1 Å². The van der Waals surface area contributed by atoms with Crippen molar-refractivity contribution >= 4 is 5.95 Å². The van der Waals surface area contributed by atoms with Gasteiger partial charge in [0, 0.05) is 68.8 Å². The molecule has 1 aromatic heterocycles. The van der Waals surface area contributed by atoms with E-state index in [1.807, 2.05) is 12.2 Å². The Labute approximate surface area is 206 Å². The van der Waals surface area contributed by atoms with Crippen molar-refractivity contribution in [3.63, 3.8) is 0 Å². The zero-order valence-corrected chi connectivity index (χ0v) is 21.3. The molecule has 0 spiro atoms. The van der Waals surface area contributed by atoms with Crippen molar-refractivity contribution in [2.45, 2.75) is 58.9 Å². The molecular formula is C29H41N5. The third kappa shape index (κ3) is 5.89. The fraction of sp³-hybridized carbons (Fsp3) is 0.552. The van der Waals surface area contributed by atoms with Gasteiger partial charge in [0.15, 0.2) is 0 Å². The van der Waals surface area contributed by atoms with Gasteiger partial charge in [0.05, 0.1) is 0 Å². The maximum Gasteiger partial charge on any atom is 0.225 e. The average molecular weight is 460 g/mol. The van der Waals surface area contributed by atoms with Crippen LogP contribution in [-0.2, 0) is 6.42 Å². The van der Waals surface area contributed by atoms with Crippen LogP contribution in [0.2, 0.25) is 0 Å². The van der Waals surface area contributed by atoms with Crippen molar-refractivity contribution in [3.8, 4) is 0 Å². The maximum atomic E-state index is 4.90. The van der Waals surface area contributed by atoms with Crippen molar-refractivity contribution < 1.29 is 0 Å². The molecule has 0 aromatic carbocycles. The normalized spacial score (nSPS) is 22.3. The first kappa shape index (κ1) is 24.5. The highest BCUT2D eigenvalue weighted by molar-refractivity contribution is 5.34. The van der Waals surface area contributed by atoms with Crippen molar-refractivity contribution in [1.29, 1.82) is 0 Å². The van der Waals surface area contributed by atoms with Crippen molar-refractivity contribution in [1.82, 2.24) is 19.8 Å². The summed E-state index contributed by atoms with van der Waals surface area (Å²) >= 11 is 0. The van der Waals surface area contributed by atoms with E-state index in [0.29, 0.717) is 5.92 Å². The van der Waals surface area contributed by atoms with Gasteiger partial charge in [0.2, 0.25) is 5.95 Å². The van der Waals surface area contributed by atoms with Crippen molar-refractivity contribution in [2.24, 2.45) is 5.92 Å². The minimum absolute atomic E-state index is 0.305. The van der Waals surface area contributed by atoms with Crippen LogP contribution in [0.25, 0.3) is 0 Å². The van der Waals surface area contributed by atoms with E-state index in [4.69, 9.17) is 9.97 Å². The van der Waals surface area contributed by atoms with E-state index >= 15 is 0 Å². The van der Waals surface area contributed by atoms with Gasteiger partial charge in [-0.2, -0.15) is 0 Å². The summed E-state index contributed by atoms with van der Waals surface area (Å²) in [7, 11) is 0. The number of hydrogen-bond donors (Lipinski definition) is 0. The number of allylic oxidation sites excluding steroid dienone is 5. The molecule has 2 heterocycles. The molecule has 1 aliphatic heterocycles. The lowest BCUT2D eigenvalue weighted by Crippen LogP contribution is -2.52. The van der Waals surface area contributed by atoms with Gasteiger partial charge in [-0.3, -0.25) is 4.90 Å². The molecular weight excluding hydrogens is 418 g/mol. The van der Waals surface area contributed by atoms with Gasteiger partial charge in [-0.1, -0.05) is 43.7 Å². The highest BCUT2D eigenvalue weighted by Gasteiger charge is 2.28. The number of anilines is 1. The second kappa shape index (κ2) is 11.7. The van der Waals surface area contributed by atoms with E-state index in [1.54, 1.807) is 0 Å². The highest BCUT2D eigenvalue weighted by atomic mass is 15.3. The number of piperazine rings is 1. The number of aryl methyl sites for hydroxylation is 1. The Morgan fingerprint density at radius 1 is 1.24 bits per heavy atom. The van der Waals surface area contributed by atoms with Crippen molar-refractivity contribution in [3.05, 3.63) is 71.4 Å². The molecule has 182 valence electrons. The molecule has 2 aliphatic carbocycles. The summed E-state index contributed by atoms with van der Waals surface area (Å²) in [5.41, 5.74) is 8.06. The van der Waals surface area contributed by atoms with Crippen LogP contribution in [0.3, 0.4) is 0 Å². The van der Waals surface area contributed by atoms with Gasteiger partial charge in [-0.05, 0) is 57.2 Å². The molecule has 0 N–H and O–H groups in total. The summed E-state index contributed by atoms with van der Waals surface area (Å²) < 4.78 is 0. The molecule has 4 rings (SSSR count). The Morgan fingerprint density at radius 3 is 2.71 bits per heavy atom. The summed E-state index contributed by atoms with van der Waals surface area (Å²) in [6, 6.07) is 0.833.